The molecule has 0 unspecified atom stereocenters. The van der Waals surface area contributed by atoms with Gasteiger partial charge in [-0.2, -0.15) is 0 Å². The summed E-state index contributed by atoms with van der Waals surface area (Å²) < 4.78 is 13.9. The average Bonchev–Trinajstić information content (AvgIpc) is 2.55. The van der Waals surface area contributed by atoms with Crippen molar-refractivity contribution in [2.75, 3.05) is 5.32 Å². The number of nitrogens with one attached hydrogen (secondary N) is 1. The number of halogens is 1. The molecule has 0 fully saturated rings. The van der Waals surface area contributed by atoms with Crippen LogP contribution in [-0.2, 0) is 0 Å². The molecular formula is C16H10FN3O3. The molecule has 1 heterocycles. The second-order valence-corrected chi connectivity index (χ2v) is 4.75. The van der Waals surface area contributed by atoms with Crippen molar-refractivity contribution < 1.29 is 14.1 Å². The second-order valence-electron chi connectivity index (χ2n) is 4.75. The zero-order valence-electron chi connectivity index (χ0n) is 11.7. The molecule has 3 aromatic rings. The monoisotopic (exact) mass is 311 g/mol. The molecule has 3 rings (SSSR count). The minimum atomic E-state index is -0.949. The topological polar surface area (TPSA) is 85.1 Å². The van der Waals surface area contributed by atoms with Gasteiger partial charge < -0.3 is 5.32 Å². The van der Waals surface area contributed by atoms with Crippen molar-refractivity contribution in [2.24, 2.45) is 0 Å². The molecule has 0 aliphatic carbocycles. The molecule has 1 amide bonds. The molecule has 0 saturated heterocycles. The van der Waals surface area contributed by atoms with Crippen molar-refractivity contribution in [1.82, 2.24) is 4.98 Å². The van der Waals surface area contributed by atoms with Crippen LogP contribution in [0, 0.1) is 15.9 Å². The molecule has 0 aliphatic heterocycles. The first-order chi connectivity index (χ1) is 11.1. The third-order valence-electron chi connectivity index (χ3n) is 3.30. The van der Waals surface area contributed by atoms with Crippen molar-refractivity contribution in [3.05, 3.63) is 76.2 Å². The van der Waals surface area contributed by atoms with E-state index in [1.54, 1.807) is 36.5 Å². The Kier molecular flexibility index (Phi) is 3.68. The highest BCUT2D eigenvalue weighted by Gasteiger charge is 2.17. The molecule has 1 aromatic heterocycles. The predicted octanol–water partition coefficient (Wildman–Crippen LogP) is 3.53. The molecule has 114 valence electrons. The minimum absolute atomic E-state index is 0.267. The maximum Gasteiger partial charge on any atom is 0.272 e. The lowest BCUT2D eigenvalue weighted by atomic mass is 10.1. The van der Waals surface area contributed by atoms with E-state index in [0.717, 1.165) is 18.2 Å². The largest absolute Gasteiger partial charge is 0.321 e. The first kappa shape index (κ1) is 14.6. The molecule has 0 bridgehead atoms. The van der Waals surface area contributed by atoms with Crippen molar-refractivity contribution in [1.29, 1.82) is 0 Å². The van der Waals surface area contributed by atoms with E-state index in [4.69, 9.17) is 0 Å². The summed E-state index contributed by atoms with van der Waals surface area (Å²) in [6.07, 6.45) is 1.63. The molecule has 23 heavy (non-hydrogen) atoms. The fourth-order valence-electron chi connectivity index (χ4n) is 2.20. The van der Waals surface area contributed by atoms with Crippen LogP contribution in [0.5, 0.6) is 0 Å². The second kappa shape index (κ2) is 5.80. The van der Waals surface area contributed by atoms with Crippen molar-refractivity contribution in [3.8, 4) is 0 Å². The maximum atomic E-state index is 13.9. The summed E-state index contributed by atoms with van der Waals surface area (Å²) in [7, 11) is 0. The van der Waals surface area contributed by atoms with Gasteiger partial charge in [0.05, 0.1) is 27.8 Å². The Morgan fingerprint density at radius 2 is 2.00 bits per heavy atom. The number of rotatable bonds is 3. The van der Waals surface area contributed by atoms with E-state index in [2.05, 4.69) is 10.3 Å². The van der Waals surface area contributed by atoms with Gasteiger partial charge in [-0.25, -0.2) is 4.39 Å². The Hall–Kier alpha value is -3.35. The van der Waals surface area contributed by atoms with Gasteiger partial charge in [0.1, 0.15) is 5.82 Å². The molecule has 0 saturated carbocycles. The number of hydrogen-bond acceptors (Lipinski definition) is 4. The lowest BCUT2D eigenvalue weighted by molar-refractivity contribution is -0.385. The SMILES string of the molecule is O=C(Nc1cccc2ncccc12)c1ccc([N+](=O)[O-])cc1F. The summed E-state index contributed by atoms with van der Waals surface area (Å²) in [6.45, 7) is 0. The van der Waals surface area contributed by atoms with E-state index in [0.29, 0.717) is 16.6 Å². The Balaban J connectivity index is 1.94. The number of carbonyl (C=O) groups excluding carboxylic acids is 1. The van der Waals surface area contributed by atoms with Gasteiger partial charge in [-0.05, 0) is 30.3 Å². The van der Waals surface area contributed by atoms with Crippen LogP contribution in [0.4, 0.5) is 15.8 Å². The smallest absolute Gasteiger partial charge is 0.272 e. The molecule has 2 aromatic carbocycles. The predicted molar refractivity (Wildman–Crippen MR) is 82.8 cm³/mol. The van der Waals surface area contributed by atoms with Crippen LogP contribution in [-0.4, -0.2) is 15.8 Å². The van der Waals surface area contributed by atoms with Crippen LogP contribution in [0.3, 0.4) is 0 Å². The quantitative estimate of drug-likeness (QED) is 0.592. The summed E-state index contributed by atoms with van der Waals surface area (Å²) >= 11 is 0. The van der Waals surface area contributed by atoms with E-state index in [9.17, 15) is 19.3 Å². The Morgan fingerprint density at radius 3 is 2.74 bits per heavy atom. The van der Waals surface area contributed by atoms with Crippen molar-refractivity contribution in [3.63, 3.8) is 0 Å². The zero-order chi connectivity index (χ0) is 16.4. The number of benzene rings is 2. The van der Waals surface area contributed by atoms with Gasteiger partial charge >= 0.3 is 0 Å². The number of carbonyl (C=O) groups is 1. The third-order valence-corrected chi connectivity index (χ3v) is 3.30. The average molecular weight is 311 g/mol. The molecule has 7 heteroatoms. The number of hydrogen-bond donors (Lipinski definition) is 1. The molecule has 0 spiro atoms. The summed E-state index contributed by atoms with van der Waals surface area (Å²) in [5, 5.41) is 13.9. The van der Waals surface area contributed by atoms with Gasteiger partial charge in [0, 0.05) is 17.6 Å². The first-order valence-electron chi connectivity index (χ1n) is 6.65. The lowest BCUT2D eigenvalue weighted by Crippen LogP contribution is -2.14. The molecule has 0 aliphatic rings. The van der Waals surface area contributed by atoms with Crippen LogP contribution in [0.1, 0.15) is 10.4 Å². The fourth-order valence-corrected chi connectivity index (χ4v) is 2.20. The molecule has 1 N–H and O–H groups in total. The fraction of sp³-hybridized carbons (Fsp3) is 0. The Morgan fingerprint density at radius 1 is 1.17 bits per heavy atom. The van der Waals surface area contributed by atoms with E-state index in [1.807, 2.05) is 0 Å². The lowest BCUT2D eigenvalue weighted by Gasteiger charge is -2.08. The number of fused-ring (bicyclic) bond motifs is 1. The Bertz CT molecular complexity index is 922. The van der Waals surface area contributed by atoms with Crippen LogP contribution in [0.2, 0.25) is 0 Å². The van der Waals surface area contributed by atoms with Crippen LogP contribution < -0.4 is 5.32 Å². The number of non-ortho nitro benzene ring substituents is 1. The first-order valence-corrected chi connectivity index (χ1v) is 6.65. The van der Waals surface area contributed by atoms with Crippen molar-refractivity contribution in [2.45, 2.75) is 0 Å². The van der Waals surface area contributed by atoms with Crippen molar-refractivity contribution >= 4 is 28.2 Å². The van der Waals surface area contributed by atoms with Crippen LogP contribution in [0.25, 0.3) is 10.9 Å². The summed E-state index contributed by atoms with van der Waals surface area (Å²) in [4.78, 5) is 26.3. The number of nitro benzene ring substituents is 1. The van der Waals surface area contributed by atoms with Gasteiger partial charge in [0.25, 0.3) is 11.6 Å². The molecule has 0 radical (unpaired) electrons. The van der Waals surface area contributed by atoms with Gasteiger partial charge in [0.15, 0.2) is 0 Å². The van der Waals surface area contributed by atoms with Gasteiger partial charge in [-0.15, -0.1) is 0 Å². The zero-order valence-corrected chi connectivity index (χ0v) is 11.7. The standard InChI is InChI=1S/C16H10FN3O3/c17-13-9-10(20(22)23)6-7-11(13)16(21)19-15-5-1-4-14-12(15)3-2-8-18-14/h1-9H,(H,19,21). The van der Waals surface area contributed by atoms with E-state index in [1.165, 1.54) is 0 Å². The van der Waals surface area contributed by atoms with E-state index < -0.39 is 22.3 Å². The highest BCUT2D eigenvalue weighted by molar-refractivity contribution is 6.08. The summed E-state index contributed by atoms with van der Waals surface area (Å²) in [5.74, 6) is -1.64. The van der Waals surface area contributed by atoms with Gasteiger partial charge in [0.2, 0.25) is 0 Å². The number of nitro groups is 1. The number of pyridine rings is 1. The third kappa shape index (κ3) is 2.84. The van der Waals surface area contributed by atoms with E-state index in [-0.39, 0.29) is 5.56 Å². The summed E-state index contributed by atoms with van der Waals surface area (Å²) in [6, 6.07) is 11.6. The Labute approximate surface area is 129 Å². The number of aromatic nitrogens is 1. The maximum absolute atomic E-state index is 13.9. The molecular weight excluding hydrogens is 301 g/mol. The molecule has 0 atom stereocenters. The number of anilines is 1. The van der Waals surface area contributed by atoms with Crippen LogP contribution in [0.15, 0.2) is 54.7 Å². The normalized spacial score (nSPS) is 10.5. The minimum Gasteiger partial charge on any atom is -0.321 e. The highest BCUT2D eigenvalue weighted by Crippen LogP contribution is 2.23. The van der Waals surface area contributed by atoms with E-state index >= 15 is 0 Å². The van der Waals surface area contributed by atoms with Gasteiger partial charge in [-0.3, -0.25) is 19.9 Å². The summed E-state index contributed by atoms with van der Waals surface area (Å²) in [5.41, 5.74) is 0.498. The number of nitrogens with zero attached hydrogens (tertiary/aromatic N) is 2. The highest BCUT2D eigenvalue weighted by atomic mass is 19.1. The number of amides is 1. The molecule has 6 nitrogen and oxygen atoms in total. The van der Waals surface area contributed by atoms with Crippen LogP contribution >= 0.6 is 0 Å². The van der Waals surface area contributed by atoms with Gasteiger partial charge in [-0.1, -0.05) is 6.07 Å².